The minimum atomic E-state index is -0.641. The zero-order valence-corrected chi connectivity index (χ0v) is 26.6. The summed E-state index contributed by atoms with van der Waals surface area (Å²) in [5, 5.41) is 11.0. The molecule has 2 aliphatic heterocycles. The summed E-state index contributed by atoms with van der Waals surface area (Å²) in [6.07, 6.45) is 13.2. The number of benzene rings is 2. The van der Waals surface area contributed by atoms with Crippen LogP contribution in [0.25, 0.3) is 12.2 Å². The van der Waals surface area contributed by atoms with Crippen LogP contribution in [0.15, 0.2) is 72.0 Å². The summed E-state index contributed by atoms with van der Waals surface area (Å²) >= 11 is 0. The first-order chi connectivity index (χ1) is 22.4. The van der Waals surface area contributed by atoms with E-state index in [4.69, 9.17) is 33.2 Å². The molecule has 0 bridgehead atoms. The fraction of sp³-hybridized carbons (Fsp3) is 0.389. The van der Waals surface area contributed by atoms with Gasteiger partial charge in [0, 0.05) is 18.9 Å². The molecule has 246 valence electrons. The van der Waals surface area contributed by atoms with Crippen molar-refractivity contribution in [3.8, 4) is 23.0 Å². The zero-order valence-electron chi connectivity index (χ0n) is 26.6. The van der Waals surface area contributed by atoms with Crippen LogP contribution >= 0.6 is 0 Å². The molecule has 0 aromatic heterocycles. The highest BCUT2D eigenvalue weighted by atomic mass is 16.7. The molecule has 4 rings (SSSR count). The summed E-state index contributed by atoms with van der Waals surface area (Å²) in [6.45, 7) is 3.16. The van der Waals surface area contributed by atoms with Crippen LogP contribution in [0.5, 0.6) is 23.0 Å². The molecule has 0 aliphatic carbocycles. The first-order valence-corrected chi connectivity index (χ1v) is 15.5. The molecule has 2 aliphatic rings. The van der Waals surface area contributed by atoms with E-state index >= 15 is 0 Å². The molecule has 0 spiro atoms. The Balaban J connectivity index is 1.52. The van der Waals surface area contributed by atoms with Gasteiger partial charge in [-0.05, 0) is 86.2 Å². The minimum Gasteiger partial charge on any atom is -0.507 e. The number of carbonyl (C=O) groups is 2. The molecule has 0 amide bonds. The van der Waals surface area contributed by atoms with Crippen molar-refractivity contribution in [1.82, 2.24) is 0 Å². The summed E-state index contributed by atoms with van der Waals surface area (Å²) in [6, 6.07) is 10.6. The third kappa shape index (κ3) is 10.3. The van der Waals surface area contributed by atoms with Gasteiger partial charge in [0.2, 0.25) is 0 Å². The van der Waals surface area contributed by atoms with Gasteiger partial charge in [0.05, 0.1) is 39.6 Å². The van der Waals surface area contributed by atoms with Crippen LogP contribution in [0, 0.1) is 0 Å². The van der Waals surface area contributed by atoms with E-state index in [0.29, 0.717) is 47.3 Å². The number of esters is 1. The Kier molecular flexibility index (Phi) is 13.3. The van der Waals surface area contributed by atoms with Gasteiger partial charge in [0.25, 0.3) is 0 Å². The van der Waals surface area contributed by atoms with Crippen molar-refractivity contribution in [3.63, 3.8) is 0 Å². The first kappa shape index (κ1) is 34.3. The molecule has 46 heavy (non-hydrogen) atoms. The van der Waals surface area contributed by atoms with Crippen molar-refractivity contribution in [2.24, 2.45) is 0 Å². The maximum Gasteiger partial charge on any atom is 0.330 e. The number of carbonyl (C=O) groups excluding carboxylic acids is 2. The molecule has 2 atom stereocenters. The minimum absolute atomic E-state index is 0.108. The Bertz CT molecular complexity index is 1440. The molecule has 0 saturated carbocycles. The highest BCUT2D eigenvalue weighted by Crippen LogP contribution is 2.32. The molecule has 2 fully saturated rings. The van der Waals surface area contributed by atoms with Gasteiger partial charge < -0.3 is 38.3 Å². The Labute approximate surface area is 269 Å². The fourth-order valence-electron chi connectivity index (χ4n) is 4.82. The molecule has 10 nitrogen and oxygen atoms in total. The Morgan fingerprint density at radius 1 is 0.761 bits per heavy atom. The normalized spacial score (nSPS) is 19.2. The summed E-state index contributed by atoms with van der Waals surface area (Å²) in [4.78, 5) is 25.3. The summed E-state index contributed by atoms with van der Waals surface area (Å²) in [7, 11) is 3.08. The van der Waals surface area contributed by atoms with E-state index in [0.717, 1.165) is 44.6 Å². The lowest BCUT2D eigenvalue weighted by Crippen LogP contribution is -2.25. The van der Waals surface area contributed by atoms with E-state index in [-0.39, 0.29) is 30.5 Å². The van der Waals surface area contributed by atoms with Crippen molar-refractivity contribution in [1.29, 1.82) is 0 Å². The van der Waals surface area contributed by atoms with Gasteiger partial charge >= 0.3 is 5.97 Å². The van der Waals surface area contributed by atoms with Gasteiger partial charge in [0.1, 0.15) is 5.76 Å². The maximum atomic E-state index is 13.3. The van der Waals surface area contributed by atoms with E-state index in [1.165, 1.54) is 25.3 Å². The fourth-order valence-corrected chi connectivity index (χ4v) is 4.82. The number of ether oxygens (including phenoxy) is 7. The van der Waals surface area contributed by atoms with Crippen molar-refractivity contribution in [2.45, 2.75) is 58.0 Å². The van der Waals surface area contributed by atoms with E-state index in [9.17, 15) is 14.7 Å². The molecular weight excluding hydrogens is 592 g/mol. The van der Waals surface area contributed by atoms with E-state index in [1.807, 2.05) is 0 Å². The number of methoxy groups -OCH3 is 2. The second-order valence-corrected chi connectivity index (χ2v) is 10.6. The van der Waals surface area contributed by atoms with Crippen molar-refractivity contribution in [2.75, 3.05) is 34.0 Å². The van der Waals surface area contributed by atoms with Crippen molar-refractivity contribution in [3.05, 3.63) is 83.2 Å². The number of allylic oxidation sites excluding steroid dienone is 4. The number of hydrogen-bond donors (Lipinski definition) is 1. The van der Waals surface area contributed by atoms with Gasteiger partial charge in [-0.3, -0.25) is 4.79 Å². The highest BCUT2D eigenvalue weighted by molar-refractivity contribution is 6.09. The summed E-state index contributed by atoms with van der Waals surface area (Å²) < 4.78 is 39.2. The Morgan fingerprint density at radius 2 is 1.30 bits per heavy atom. The molecule has 2 saturated heterocycles. The molecule has 2 unspecified atom stereocenters. The Hall–Kier alpha value is -4.54. The van der Waals surface area contributed by atoms with Gasteiger partial charge in [-0.25, -0.2) is 4.79 Å². The number of ketones is 1. The van der Waals surface area contributed by atoms with Crippen LogP contribution in [0.4, 0.5) is 0 Å². The molecular formula is C36H42O10. The van der Waals surface area contributed by atoms with Gasteiger partial charge in [0.15, 0.2) is 41.4 Å². The maximum absolute atomic E-state index is 13.3. The van der Waals surface area contributed by atoms with Crippen LogP contribution in [0.1, 0.15) is 56.6 Å². The largest absolute Gasteiger partial charge is 0.507 e. The number of hydrogen-bond acceptors (Lipinski definition) is 10. The standard InChI is InChI=1S/C36H42O10/c1-4-42-34(39)20-15-27(28(37)16-11-25-13-18-30(32(23-25)40-2)45-35-9-5-7-21-43-35)29(38)17-12-26-14-19-31(33(24-26)41-3)46-36-10-6-8-22-44-36/h11-20,23-24,35-37H,4-10,21-22H2,1-3H3/b16-11+,17-12+,20-15+,28-27-. The lowest BCUT2D eigenvalue weighted by atomic mass is 10.1. The molecule has 1 N–H and O–H groups in total. The lowest BCUT2D eigenvalue weighted by molar-refractivity contribution is -0.137. The van der Waals surface area contributed by atoms with Crippen molar-refractivity contribution >= 4 is 23.9 Å². The Morgan fingerprint density at radius 3 is 1.78 bits per heavy atom. The van der Waals surface area contributed by atoms with Crippen LogP contribution in [-0.4, -0.2) is 63.5 Å². The third-order valence-electron chi connectivity index (χ3n) is 7.24. The first-order valence-electron chi connectivity index (χ1n) is 15.5. The molecule has 2 aromatic rings. The monoisotopic (exact) mass is 634 g/mol. The smallest absolute Gasteiger partial charge is 0.330 e. The van der Waals surface area contributed by atoms with Gasteiger partial charge in [-0.2, -0.15) is 0 Å². The molecule has 0 radical (unpaired) electrons. The second-order valence-electron chi connectivity index (χ2n) is 10.6. The summed E-state index contributed by atoms with van der Waals surface area (Å²) in [5.74, 6) is 0.550. The van der Waals surface area contributed by atoms with Crippen LogP contribution < -0.4 is 18.9 Å². The highest BCUT2D eigenvalue weighted by Gasteiger charge is 2.19. The second kappa shape index (κ2) is 17.8. The lowest BCUT2D eigenvalue weighted by Gasteiger charge is -2.24. The predicted molar refractivity (Wildman–Crippen MR) is 173 cm³/mol. The topological polar surface area (TPSA) is 119 Å². The van der Waals surface area contributed by atoms with Gasteiger partial charge in [-0.1, -0.05) is 24.3 Å². The SMILES string of the molecule is CCOC(=O)/C=C/C(C(=O)/C=C/c1ccc(OC2CCCCO2)c(OC)c1)=C(O)\C=C\c1ccc(OC2CCCCO2)c(OC)c1. The third-order valence-corrected chi connectivity index (χ3v) is 7.24. The molecule has 10 heteroatoms. The number of aliphatic hydroxyl groups is 1. The van der Waals surface area contributed by atoms with Crippen LogP contribution in [-0.2, 0) is 23.8 Å². The summed E-state index contributed by atoms with van der Waals surface area (Å²) in [5.41, 5.74) is 1.24. The molecule has 2 aromatic carbocycles. The number of aliphatic hydroxyl groups excluding tert-OH is 1. The molecule has 2 heterocycles. The van der Waals surface area contributed by atoms with Gasteiger partial charge in [-0.15, -0.1) is 0 Å². The quantitative estimate of drug-likeness (QED) is 0.104. The zero-order chi connectivity index (χ0) is 32.7. The average Bonchev–Trinajstić information content (AvgIpc) is 3.08. The van der Waals surface area contributed by atoms with Crippen LogP contribution in [0.3, 0.4) is 0 Å². The number of rotatable bonds is 14. The predicted octanol–water partition coefficient (Wildman–Crippen LogP) is 6.74. The van der Waals surface area contributed by atoms with Crippen LogP contribution in [0.2, 0.25) is 0 Å². The van der Waals surface area contributed by atoms with E-state index in [1.54, 1.807) is 62.6 Å². The van der Waals surface area contributed by atoms with Crippen molar-refractivity contribution < 1.29 is 47.9 Å². The van der Waals surface area contributed by atoms with E-state index in [2.05, 4.69) is 0 Å². The average molecular weight is 635 g/mol. The van der Waals surface area contributed by atoms with E-state index < -0.39 is 11.8 Å².